The minimum atomic E-state index is -5.00. The molecule has 0 heterocycles. The summed E-state index contributed by atoms with van der Waals surface area (Å²) in [5.74, 6) is -1.85. The van der Waals surface area contributed by atoms with Gasteiger partial charge in [-0.15, -0.1) is 6.58 Å². The lowest BCUT2D eigenvalue weighted by Gasteiger charge is -2.59. The number of hydrogen-bond acceptors (Lipinski definition) is 7. The predicted molar refractivity (Wildman–Crippen MR) is 142 cm³/mol. The van der Waals surface area contributed by atoms with E-state index < -0.39 is 66.1 Å². The minimum absolute atomic E-state index is 0.0248. The van der Waals surface area contributed by atoms with E-state index in [4.69, 9.17) is 14.0 Å². The summed E-state index contributed by atoms with van der Waals surface area (Å²) in [6, 6.07) is 6.09. The molecule has 10 nitrogen and oxygen atoms in total. The molecule has 0 radical (unpaired) electrons. The normalized spacial score (nSPS) is 37.5. The number of amides is 2. The molecular formula is C28H37FNO9P. The Balaban J connectivity index is 1.73. The fourth-order valence-electron chi connectivity index (χ4n) is 7.30. The first-order chi connectivity index (χ1) is 18.6. The molecule has 8 atom stereocenters. The van der Waals surface area contributed by atoms with Crippen LogP contribution in [0.3, 0.4) is 0 Å². The number of benzene rings is 1. The summed E-state index contributed by atoms with van der Waals surface area (Å²) >= 11 is 0. The van der Waals surface area contributed by atoms with Crippen molar-refractivity contribution in [3.05, 3.63) is 42.5 Å². The molecule has 0 aliphatic heterocycles. The van der Waals surface area contributed by atoms with E-state index in [1.54, 1.807) is 19.1 Å². The maximum Gasteiger partial charge on any atom is 0.469 e. The molecule has 0 saturated heterocycles. The summed E-state index contributed by atoms with van der Waals surface area (Å²) < 4.78 is 43.5. The van der Waals surface area contributed by atoms with Crippen molar-refractivity contribution in [3.63, 3.8) is 0 Å². The van der Waals surface area contributed by atoms with Gasteiger partial charge in [-0.25, -0.2) is 13.8 Å². The molecule has 4 rings (SSSR count). The lowest BCUT2D eigenvalue weighted by molar-refractivity contribution is -0.172. The third kappa shape index (κ3) is 5.36. The molecule has 0 aromatic heterocycles. The van der Waals surface area contributed by atoms with Crippen LogP contribution in [0.1, 0.15) is 63.2 Å². The molecular weight excluding hydrogens is 544 g/mol. The number of rotatable bonds is 6. The Morgan fingerprint density at radius 2 is 1.80 bits per heavy atom. The molecule has 3 N–H and O–H groups in total. The smallest absolute Gasteiger partial charge is 0.469 e. The van der Waals surface area contributed by atoms with Crippen LogP contribution in [0.5, 0.6) is 5.75 Å². The molecule has 3 aliphatic rings. The van der Waals surface area contributed by atoms with Crippen molar-refractivity contribution in [2.75, 3.05) is 7.11 Å². The van der Waals surface area contributed by atoms with Gasteiger partial charge in [0.05, 0.1) is 13.2 Å². The number of halogens is 1. The van der Waals surface area contributed by atoms with Crippen LogP contribution in [0.2, 0.25) is 0 Å². The van der Waals surface area contributed by atoms with E-state index in [1.807, 2.05) is 13.8 Å². The van der Waals surface area contributed by atoms with Gasteiger partial charge in [0, 0.05) is 22.3 Å². The Bertz CT molecular complexity index is 1230. The topological polar surface area (TPSA) is 148 Å². The van der Waals surface area contributed by atoms with Crippen molar-refractivity contribution in [2.24, 2.45) is 28.1 Å². The summed E-state index contributed by atoms with van der Waals surface area (Å²) in [5, 5.41) is 2.21. The molecule has 220 valence electrons. The number of carbonyl (C=O) groups is 3. The Labute approximate surface area is 232 Å². The maximum atomic E-state index is 15.2. The molecule has 2 bridgehead atoms. The predicted octanol–water partition coefficient (Wildman–Crippen LogP) is 4.74. The highest BCUT2D eigenvalue weighted by Crippen LogP contribution is 2.67. The third-order valence-corrected chi connectivity index (χ3v) is 10.3. The zero-order valence-electron chi connectivity index (χ0n) is 23.1. The SMILES string of the molecule is C=C[C@]1(C)C[C@@H](OC(=O)NC(=O)c2ccc(OC)cc2)[C@]2(C)[C@H](C)CCC3(C[C@@H]1OP(=O)(O)O)C[C@H](F)C(=O)[C@H]32. The van der Waals surface area contributed by atoms with Crippen LogP contribution in [-0.2, 0) is 18.6 Å². The number of ketones is 1. The quantitative estimate of drug-likeness (QED) is 0.320. The van der Waals surface area contributed by atoms with E-state index in [2.05, 4.69) is 11.9 Å². The lowest BCUT2D eigenvalue weighted by atomic mass is 9.46. The number of imide groups is 1. The fraction of sp³-hybridized carbons (Fsp3) is 0.607. The van der Waals surface area contributed by atoms with Crippen LogP contribution >= 0.6 is 7.82 Å². The van der Waals surface area contributed by atoms with Crippen LogP contribution < -0.4 is 10.1 Å². The van der Waals surface area contributed by atoms with Crippen LogP contribution in [0.4, 0.5) is 9.18 Å². The lowest BCUT2D eigenvalue weighted by Crippen LogP contribution is -2.61. The molecule has 12 heteroatoms. The molecule has 3 fully saturated rings. The van der Waals surface area contributed by atoms with Crippen molar-refractivity contribution < 1.29 is 47.1 Å². The Hall–Kier alpha value is -2.59. The molecule has 1 aromatic carbocycles. The Kier molecular flexibility index (Phi) is 8.10. The van der Waals surface area contributed by atoms with Gasteiger partial charge in [-0.3, -0.25) is 19.4 Å². The second kappa shape index (κ2) is 10.7. The number of ether oxygens (including phenoxy) is 2. The number of alkyl carbamates (subject to hydrolysis) is 1. The number of hydrogen-bond donors (Lipinski definition) is 3. The molecule has 40 heavy (non-hydrogen) atoms. The zero-order valence-corrected chi connectivity index (χ0v) is 24.0. The van der Waals surface area contributed by atoms with Crippen molar-refractivity contribution in [2.45, 2.75) is 71.3 Å². The van der Waals surface area contributed by atoms with Gasteiger partial charge in [0.25, 0.3) is 5.91 Å². The van der Waals surface area contributed by atoms with Gasteiger partial charge >= 0.3 is 13.9 Å². The summed E-state index contributed by atoms with van der Waals surface area (Å²) in [5.41, 5.74) is -2.95. The second-order valence-electron chi connectivity index (χ2n) is 12.0. The maximum absolute atomic E-state index is 15.2. The van der Waals surface area contributed by atoms with E-state index in [9.17, 15) is 28.7 Å². The third-order valence-electron chi connectivity index (χ3n) is 9.74. The van der Waals surface area contributed by atoms with Crippen LogP contribution in [0, 0.1) is 28.1 Å². The molecule has 0 spiro atoms. The second-order valence-corrected chi connectivity index (χ2v) is 13.1. The van der Waals surface area contributed by atoms with Gasteiger partial charge < -0.3 is 19.3 Å². The van der Waals surface area contributed by atoms with Crippen molar-refractivity contribution in [1.82, 2.24) is 5.32 Å². The van der Waals surface area contributed by atoms with E-state index in [1.165, 1.54) is 25.3 Å². The number of Topliss-reactive ketones (excluding diaryl/α,β-unsaturated/α-hetero) is 1. The van der Waals surface area contributed by atoms with E-state index >= 15 is 4.39 Å². The van der Waals surface area contributed by atoms with Crippen molar-refractivity contribution in [1.29, 1.82) is 0 Å². The monoisotopic (exact) mass is 581 g/mol. The highest BCUT2D eigenvalue weighted by Gasteiger charge is 2.69. The number of carbonyl (C=O) groups excluding carboxylic acids is 3. The molecule has 1 aromatic rings. The highest BCUT2D eigenvalue weighted by molar-refractivity contribution is 7.46. The summed E-state index contributed by atoms with van der Waals surface area (Å²) in [7, 11) is -3.52. The first-order valence-electron chi connectivity index (χ1n) is 13.3. The van der Waals surface area contributed by atoms with E-state index in [-0.39, 0.29) is 30.7 Å². The van der Waals surface area contributed by atoms with Gasteiger partial charge in [0.15, 0.2) is 12.0 Å². The van der Waals surface area contributed by atoms with E-state index in [0.29, 0.717) is 18.6 Å². The van der Waals surface area contributed by atoms with Gasteiger partial charge in [-0.2, -0.15) is 0 Å². The largest absolute Gasteiger partial charge is 0.497 e. The number of methoxy groups -OCH3 is 1. The molecule has 3 aliphatic carbocycles. The Morgan fingerprint density at radius 1 is 1.15 bits per heavy atom. The fourth-order valence-corrected chi connectivity index (χ4v) is 7.95. The van der Waals surface area contributed by atoms with E-state index in [0.717, 1.165) is 0 Å². The number of alkyl halides is 1. The summed E-state index contributed by atoms with van der Waals surface area (Å²) in [4.78, 5) is 58.8. The average molecular weight is 582 g/mol. The average Bonchev–Trinajstić information content (AvgIpc) is 3.14. The van der Waals surface area contributed by atoms with Crippen molar-refractivity contribution in [3.8, 4) is 5.75 Å². The van der Waals surface area contributed by atoms with Gasteiger partial charge in [0.1, 0.15) is 11.9 Å². The van der Waals surface area contributed by atoms with Gasteiger partial charge in [-0.05, 0) is 67.7 Å². The molecule has 1 unspecified atom stereocenters. The van der Waals surface area contributed by atoms with Crippen LogP contribution in [0.25, 0.3) is 0 Å². The molecule has 3 saturated carbocycles. The van der Waals surface area contributed by atoms with Crippen molar-refractivity contribution >= 4 is 25.6 Å². The highest BCUT2D eigenvalue weighted by atomic mass is 31.2. The number of nitrogens with one attached hydrogen (secondary N) is 1. The van der Waals surface area contributed by atoms with Gasteiger partial charge in [0.2, 0.25) is 0 Å². The zero-order chi connectivity index (χ0) is 29.7. The Morgan fingerprint density at radius 3 is 2.38 bits per heavy atom. The van der Waals surface area contributed by atoms with Crippen LogP contribution in [-0.4, -0.2) is 53.1 Å². The standard InChI is InChI=1S/C28H37FNO9P/c1-6-26(3)14-21(38-25(33)30-24(32)17-7-9-18(37-5)10-8-17)27(4)16(2)11-12-28(13-19(29)22(31)23(27)28)15-20(26)39-40(34,35)36/h6-10,16,19-21,23H,1,11-15H2,2-5H3,(H,30,32,33)(H2,34,35,36)/t16-,19+,20+,21-,23+,26-,27+,28?/m1/s1. The summed E-state index contributed by atoms with van der Waals surface area (Å²) in [6.07, 6.45) is -2.58. The molecule has 2 amide bonds. The number of phosphoric acid groups is 1. The first-order valence-corrected chi connectivity index (χ1v) is 14.8. The minimum Gasteiger partial charge on any atom is -0.497 e. The van der Waals surface area contributed by atoms with Crippen LogP contribution in [0.15, 0.2) is 36.9 Å². The van der Waals surface area contributed by atoms with Gasteiger partial charge in [-0.1, -0.05) is 26.8 Å². The number of phosphoric ester groups is 1. The first kappa shape index (κ1) is 30.4. The summed E-state index contributed by atoms with van der Waals surface area (Å²) in [6.45, 7) is 9.30.